The molecule has 92 valence electrons. The summed E-state index contributed by atoms with van der Waals surface area (Å²) in [6.45, 7) is 4.43. The Morgan fingerprint density at radius 2 is 1.67 bits per heavy atom. The van der Waals surface area contributed by atoms with Gasteiger partial charge in [0, 0.05) is 0 Å². The predicted molar refractivity (Wildman–Crippen MR) is 80.5 cm³/mol. The Morgan fingerprint density at radius 1 is 0.889 bits per heavy atom. The van der Waals surface area contributed by atoms with Crippen LogP contribution in [-0.4, -0.2) is 0 Å². The van der Waals surface area contributed by atoms with Gasteiger partial charge in [-0.25, -0.2) is 0 Å². The van der Waals surface area contributed by atoms with Crippen LogP contribution < -0.4 is 0 Å². The SMILES string of the molecule is CCCc1c(C)cccc1C=Cc1ccccc1. The molecular formula is C18H20. The summed E-state index contributed by atoms with van der Waals surface area (Å²) in [6, 6.07) is 17.0. The molecule has 0 nitrogen and oxygen atoms in total. The van der Waals surface area contributed by atoms with Crippen LogP contribution in [0.3, 0.4) is 0 Å². The first-order valence-corrected chi connectivity index (χ1v) is 6.63. The lowest BCUT2D eigenvalue weighted by atomic mass is 9.97. The van der Waals surface area contributed by atoms with Crippen LogP contribution in [0, 0.1) is 6.92 Å². The minimum absolute atomic E-state index is 1.15. The molecule has 0 saturated heterocycles. The van der Waals surface area contributed by atoms with E-state index in [0.29, 0.717) is 0 Å². The summed E-state index contributed by atoms with van der Waals surface area (Å²) in [5.41, 5.74) is 5.47. The van der Waals surface area contributed by atoms with Gasteiger partial charge in [-0.2, -0.15) is 0 Å². The van der Waals surface area contributed by atoms with Gasteiger partial charge in [0.15, 0.2) is 0 Å². The van der Waals surface area contributed by atoms with Crippen LogP contribution in [-0.2, 0) is 6.42 Å². The summed E-state index contributed by atoms with van der Waals surface area (Å²) in [5, 5.41) is 0. The third kappa shape index (κ3) is 3.10. The van der Waals surface area contributed by atoms with Crippen LogP contribution in [0.5, 0.6) is 0 Å². The number of rotatable bonds is 4. The molecule has 0 atom stereocenters. The molecule has 0 aliphatic rings. The predicted octanol–water partition coefficient (Wildman–Crippen LogP) is 5.12. The second-order valence-electron chi connectivity index (χ2n) is 4.64. The van der Waals surface area contributed by atoms with E-state index in [1.54, 1.807) is 0 Å². The summed E-state index contributed by atoms with van der Waals surface area (Å²) in [4.78, 5) is 0. The monoisotopic (exact) mass is 236 g/mol. The maximum absolute atomic E-state index is 2.23. The van der Waals surface area contributed by atoms with Crippen LogP contribution in [0.2, 0.25) is 0 Å². The van der Waals surface area contributed by atoms with Crippen molar-refractivity contribution in [2.24, 2.45) is 0 Å². The van der Waals surface area contributed by atoms with Gasteiger partial charge >= 0.3 is 0 Å². The lowest BCUT2D eigenvalue weighted by Gasteiger charge is -2.08. The van der Waals surface area contributed by atoms with E-state index in [2.05, 4.69) is 68.5 Å². The summed E-state index contributed by atoms with van der Waals surface area (Å²) >= 11 is 0. The summed E-state index contributed by atoms with van der Waals surface area (Å²) in [7, 11) is 0. The smallest absolute Gasteiger partial charge is 0.0222 e. The van der Waals surface area contributed by atoms with Gasteiger partial charge in [-0.3, -0.25) is 0 Å². The van der Waals surface area contributed by atoms with E-state index in [-0.39, 0.29) is 0 Å². The van der Waals surface area contributed by atoms with Crippen LogP contribution in [0.4, 0.5) is 0 Å². The molecule has 0 aromatic heterocycles. The van der Waals surface area contributed by atoms with Crippen molar-refractivity contribution < 1.29 is 0 Å². The number of benzene rings is 2. The molecule has 0 amide bonds. The Balaban J connectivity index is 2.29. The van der Waals surface area contributed by atoms with Gasteiger partial charge in [-0.1, -0.05) is 74.0 Å². The number of hydrogen-bond acceptors (Lipinski definition) is 0. The van der Waals surface area contributed by atoms with Crippen molar-refractivity contribution in [1.82, 2.24) is 0 Å². The van der Waals surface area contributed by atoms with Crippen molar-refractivity contribution in [3.8, 4) is 0 Å². The van der Waals surface area contributed by atoms with Gasteiger partial charge in [0.1, 0.15) is 0 Å². The molecule has 0 bridgehead atoms. The zero-order valence-corrected chi connectivity index (χ0v) is 11.2. The highest BCUT2D eigenvalue weighted by molar-refractivity contribution is 5.71. The Hall–Kier alpha value is -1.82. The average molecular weight is 236 g/mol. The third-order valence-corrected chi connectivity index (χ3v) is 3.20. The summed E-state index contributed by atoms with van der Waals surface area (Å²) in [5.74, 6) is 0. The first-order chi connectivity index (χ1) is 8.81. The highest BCUT2D eigenvalue weighted by Gasteiger charge is 2.01. The van der Waals surface area contributed by atoms with Crippen LogP contribution in [0.1, 0.15) is 35.6 Å². The van der Waals surface area contributed by atoms with E-state index in [1.807, 2.05) is 6.07 Å². The second kappa shape index (κ2) is 6.20. The van der Waals surface area contributed by atoms with Crippen molar-refractivity contribution in [3.05, 3.63) is 70.8 Å². The summed E-state index contributed by atoms with van der Waals surface area (Å²) < 4.78 is 0. The van der Waals surface area contributed by atoms with Gasteiger partial charge < -0.3 is 0 Å². The van der Waals surface area contributed by atoms with Gasteiger partial charge in [0.05, 0.1) is 0 Å². The molecule has 0 unspecified atom stereocenters. The Morgan fingerprint density at radius 3 is 2.39 bits per heavy atom. The van der Waals surface area contributed by atoms with Crippen molar-refractivity contribution in [3.63, 3.8) is 0 Å². The zero-order chi connectivity index (χ0) is 12.8. The molecular weight excluding hydrogens is 216 g/mol. The third-order valence-electron chi connectivity index (χ3n) is 3.20. The quantitative estimate of drug-likeness (QED) is 0.646. The molecule has 0 heterocycles. The topological polar surface area (TPSA) is 0 Å². The van der Waals surface area contributed by atoms with E-state index >= 15 is 0 Å². The molecule has 0 radical (unpaired) electrons. The summed E-state index contributed by atoms with van der Waals surface area (Å²) in [6.07, 6.45) is 6.76. The van der Waals surface area contributed by atoms with Crippen molar-refractivity contribution >= 4 is 12.2 Å². The molecule has 0 heteroatoms. The first kappa shape index (κ1) is 12.6. The number of aryl methyl sites for hydroxylation is 1. The lowest BCUT2D eigenvalue weighted by Crippen LogP contribution is -1.92. The molecule has 18 heavy (non-hydrogen) atoms. The van der Waals surface area contributed by atoms with Crippen molar-refractivity contribution in [2.45, 2.75) is 26.7 Å². The molecule has 2 aromatic carbocycles. The van der Waals surface area contributed by atoms with E-state index < -0.39 is 0 Å². The van der Waals surface area contributed by atoms with Gasteiger partial charge in [0.2, 0.25) is 0 Å². The van der Waals surface area contributed by atoms with Crippen LogP contribution >= 0.6 is 0 Å². The zero-order valence-electron chi connectivity index (χ0n) is 11.2. The number of hydrogen-bond donors (Lipinski definition) is 0. The average Bonchev–Trinajstić information content (AvgIpc) is 2.41. The fourth-order valence-corrected chi connectivity index (χ4v) is 2.22. The highest BCUT2D eigenvalue weighted by Crippen LogP contribution is 2.19. The van der Waals surface area contributed by atoms with Gasteiger partial charge in [-0.15, -0.1) is 0 Å². The minimum Gasteiger partial charge on any atom is -0.0651 e. The van der Waals surface area contributed by atoms with Gasteiger partial charge in [-0.05, 0) is 35.6 Å². The molecule has 0 saturated carbocycles. The Kier molecular flexibility index (Phi) is 4.35. The highest BCUT2D eigenvalue weighted by atomic mass is 14.1. The van der Waals surface area contributed by atoms with Crippen molar-refractivity contribution in [1.29, 1.82) is 0 Å². The first-order valence-electron chi connectivity index (χ1n) is 6.63. The molecule has 0 fully saturated rings. The second-order valence-corrected chi connectivity index (χ2v) is 4.64. The fourth-order valence-electron chi connectivity index (χ4n) is 2.22. The minimum atomic E-state index is 1.15. The maximum atomic E-state index is 2.23. The van der Waals surface area contributed by atoms with Gasteiger partial charge in [0.25, 0.3) is 0 Å². The van der Waals surface area contributed by atoms with Crippen LogP contribution in [0.15, 0.2) is 48.5 Å². The van der Waals surface area contributed by atoms with E-state index in [4.69, 9.17) is 0 Å². The molecule has 0 N–H and O–H groups in total. The lowest BCUT2D eigenvalue weighted by molar-refractivity contribution is 0.910. The van der Waals surface area contributed by atoms with Crippen molar-refractivity contribution in [2.75, 3.05) is 0 Å². The standard InChI is InChI=1S/C18H20/c1-3-8-18-15(2)9-7-12-17(18)14-13-16-10-5-4-6-11-16/h4-7,9-14H,3,8H2,1-2H3. The van der Waals surface area contributed by atoms with Crippen LogP contribution in [0.25, 0.3) is 12.2 Å². The normalized spacial score (nSPS) is 11.0. The maximum Gasteiger partial charge on any atom is -0.0222 e. The molecule has 0 aliphatic carbocycles. The Labute approximate surface area is 110 Å². The molecule has 2 aromatic rings. The largest absolute Gasteiger partial charge is 0.0651 e. The van der Waals surface area contributed by atoms with E-state index in [0.717, 1.165) is 6.42 Å². The fraction of sp³-hybridized carbons (Fsp3) is 0.222. The molecule has 0 spiro atoms. The Bertz CT molecular complexity index is 521. The molecule has 2 rings (SSSR count). The van der Waals surface area contributed by atoms with E-state index in [1.165, 1.54) is 28.7 Å². The van der Waals surface area contributed by atoms with E-state index in [9.17, 15) is 0 Å². The molecule has 0 aliphatic heterocycles.